The summed E-state index contributed by atoms with van der Waals surface area (Å²) >= 11 is 0. The second kappa shape index (κ2) is 12.7. The number of anilines is 2. The summed E-state index contributed by atoms with van der Waals surface area (Å²) in [6.07, 6.45) is 6.74. The van der Waals surface area contributed by atoms with E-state index < -0.39 is 6.61 Å². The van der Waals surface area contributed by atoms with Crippen molar-refractivity contribution in [3.63, 3.8) is 0 Å². The molecule has 12 heteroatoms. The Morgan fingerprint density at radius 1 is 1.07 bits per heavy atom. The van der Waals surface area contributed by atoms with E-state index in [-0.39, 0.29) is 23.5 Å². The van der Waals surface area contributed by atoms with Crippen LogP contribution in [0.15, 0.2) is 61.1 Å². The molecule has 0 saturated carbocycles. The summed E-state index contributed by atoms with van der Waals surface area (Å²) in [4.78, 5) is 33.9. The quantitative estimate of drug-likeness (QED) is 0.216. The fraction of sp³-hybridized carbons (Fsp3) is 0.310. The van der Waals surface area contributed by atoms with Crippen molar-refractivity contribution in [3.05, 3.63) is 72.2 Å². The van der Waals surface area contributed by atoms with Gasteiger partial charge in [0.15, 0.2) is 11.5 Å². The van der Waals surface area contributed by atoms with Crippen LogP contribution in [0.4, 0.5) is 20.3 Å². The van der Waals surface area contributed by atoms with Gasteiger partial charge in [-0.05, 0) is 80.9 Å². The Labute approximate surface area is 235 Å². The molecule has 10 nitrogen and oxygen atoms in total. The first kappa shape index (κ1) is 28.0. The fourth-order valence-corrected chi connectivity index (χ4v) is 4.85. The number of nitrogens with zero attached hydrogens (tertiary/aromatic N) is 3. The predicted octanol–water partition coefficient (Wildman–Crippen LogP) is 3.90. The molecule has 4 aromatic rings. The molecule has 3 heterocycles. The van der Waals surface area contributed by atoms with Gasteiger partial charge in [-0.15, -0.1) is 0 Å². The highest BCUT2D eigenvalue weighted by molar-refractivity contribution is 5.96. The molecule has 1 saturated heterocycles. The molecule has 214 valence electrons. The predicted molar refractivity (Wildman–Crippen MR) is 150 cm³/mol. The third kappa shape index (κ3) is 6.77. The molecule has 2 amide bonds. The summed E-state index contributed by atoms with van der Waals surface area (Å²) in [6.45, 7) is 1.39. The average molecular weight is 564 g/mol. The molecule has 41 heavy (non-hydrogen) atoms. The van der Waals surface area contributed by atoms with E-state index in [4.69, 9.17) is 0 Å². The van der Waals surface area contributed by atoms with E-state index in [1.165, 1.54) is 12.1 Å². The van der Waals surface area contributed by atoms with Crippen molar-refractivity contribution in [3.8, 4) is 17.0 Å². The van der Waals surface area contributed by atoms with Crippen LogP contribution in [-0.4, -0.2) is 59.0 Å². The Kier molecular flexibility index (Phi) is 8.68. The molecule has 0 atom stereocenters. The van der Waals surface area contributed by atoms with E-state index in [2.05, 4.69) is 36.0 Å². The number of rotatable bonds is 10. The molecule has 5 rings (SSSR count). The number of imidazole rings is 1. The highest BCUT2D eigenvalue weighted by Gasteiger charge is 2.20. The maximum atomic E-state index is 12.7. The van der Waals surface area contributed by atoms with Crippen LogP contribution in [0, 0.1) is 12.8 Å². The molecule has 1 fully saturated rings. The van der Waals surface area contributed by atoms with Crippen molar-refractivity contribution in [2.24, 2.45) is 5.92 Å². The maximum Gasteiger partial charge on any atom is 0.387 e. The number of fused-ring (bicyclic) bond motifs is 1. The van der Waals surface area contributed by atoms with Gasteiger partial charge >= 0.3 is 6.61 Å². The van der Waals surface area contributed by atoms with Gasteiger partial charge in [-0.3, -0.25) is 14.0 Å². The van der Waals surface area contributed by atoms with Crippen LogP contribution in [0.3, 0.4) is 0 Å². The van der Waals surface area contributed by atoms with Crippen molar-refractivity contribution in [2.75, 3.05) is 31.5 Å². The van der Waals surface area contributed by atoms with Crippen molar-refractivity contribution in [1.29, 1.82) is 0 Å². The number of carbonyl (C=O) groups excluding carboxylic acids is 2. The Hall–Kier alpha value is -4.58. The van der Waals surface area contributed by atoms with E-state index in [0.29, 0.717) is 30.1 Å². The molecule has 0 unspecified atom stereocenters. The standard InChI is InChI=1S/C29H31F2N7O3/c1-18-16-21(4-7-23(18)28(40)35-13-12-34-27(39)20-8-10-32-11-9-20)37-25-26-36-17-24(38(26)15-14-33-25)19-2-5-22(6-3-19)41-29(30)31/h2-7,14-17,20,29,32H,8-13H2,1H3,(H,33,37)(H,34,39)(H,35,40). The SMILES string of the molecule is Cc1cc(Nc2nccn3c(-c4ccc(OC(F)F)cc4)cnc23)ccc1C(=O)NCCNC(=O)C1CCNCC1. The summed E-state index contributed by atoms with van der Waals surface area (Å²) in [5, 5.41) is 12.3. The van der Waals surface area contributed by atoms with Gasteiger partial charge in [0.25, 0.3) is 5.91 Å². The van der Waals surface area contributed by atoms with Gasteiger partial charge in [0.1, 0.15) is 5.75 Å². The van der Waals surface area contributed by atoms with Crippen molar-refractivity contribution < 1.29 is 23.1 Å². The number of hydrogen-bond acceptors (Lipinski definition) is 7. The van der Waals surface area contributed by atoms with E-state index in [1.807, 2.05) is 17.4 Å². The minimum absolute atomic E-state index is 0.0323. The van der Waals surface area contributed by atoms with Crippen molar-refractivity contribution >= 4 is 29.0 Å². The van der Waals surface area contributed by atoms with E-state index in [1.54, 1.807) is 42.9 Å². The minimum atomic E-state index is -2.88. The lowest BCUT2D eigenvalue weighted by atomic mass is 9.97. The summed E-state index contributed by atoms with van der Waals surface area (Å²) in [5.74, 6) is 0.446. The minimum Gasteiger partial charge on any atom is -0.435 e. The zero-order valence-electron chi connectivity index (χ0n) is 22.5. The zero-order chi connectivity index (χ0) is 28.8. The normalized spacial score (nSPS) is 13.8. The summed E-state index contributed by atoms with van der Waals surface area (Å²) in [7, 11) is 0. The number of aryl methyl sites for hydroxylation is 1. The van der Waals surface area contributed by atoms with E-state index in [9.17, 15) is 18.4 Å². The second-order valence-corrected chi connectivity index (χ2v) is 9.74. The number of amides is 2. The first-order valence-corrected chi connectivity index (χ1v) is 13.4. The molecule has 1 aliphatic heterocycles. The van der Waals surface area contributed by atoms with Crippen LogP contribution in [0.1, 0.15) is 28.8 Å². The topological polar surface area (TPSA) is 122 Å². The van der Waals surface area contributed by atoms with Gasteiger partial charge in [-0.25, -0.2) is 9.97 Å². The molecule has 2 aromatic carbocycles. The number of nitrogens with one attached hydrogen (secondary N) is 4. The second-order valence-electron chi connectivity index (χ2n) is 9.74. The molecule has 0 radical (unpaired) electrons. The van der Waals surface area contributed by atoms with Crippen LogP contribution in [0.5, 0.6) is 5.75 Å². The number of hydrogen-bond donors (Lipinski definition) is 4. The first-order valence-electron chi connectivity index (χ1n) is 13.4. The Balaban J connectivity index is 1.20. The van der Waals surface area contributed by atoms with Crippen LogP contribution < -0.4 is 26.0 Å². The van der Waals surface area contributed by atoms with Crippen molar-refractivity contribution in [1.82, 2.24) is 30.3 Å². The molecule has 0 spiro atoms. The van der Waals surface area contributed by atoms with E-state index >= 15 is 0 Å². The Morgan fingerprint density at radius 2 is 1.83 bits per heavy atom. The van der Waals surface area contributed by atoms with E-state index in [0.717, 1.165) is 48.4 Å². The fourth-order valence-electron chi connectivity index (χ4n) is 4.85. The monoisotopic (exact) mass is 563 g/mol. The number of benzene rings is 2. The molecule has 0 aliphatic carbocycles. The molecule has 4 N–H and O–H groups in total. The van der Waals surface area contributed by atoms with Gasteiger partial charge < -0.3 is 26.0 Å². The molecular weight excluding hydrogens is 532 g/mol. The highest BCUT2D eigenvalue weighted by Crippen LogP contribution is 2.27. The van der Waals surface area contributed by atoms with Crippen molar-refractivity contribution in [2.45, 2.75) is 26.4 Å². The van der Waals surface area contributed by atoms with Crippen LogP contribution in [0.2, 0.25) is 0 Å². The van der Waals surface area contributed by atoms with Gasteiger partial charge in [0, 0.05) is 48.2 Å². The summed E-state index contributed by atoms with van der Waals surface area (Å²) in [6, 6.07) is 11.7. The largest absolute Gasteiger partial charge is 0.435 e. The number of aromatic nitrogens is 3. The molecule has 0 bridgehead atoms. The van der Waals surface area contributed by atoms with Gasteiger partial charge in [-0.1, -0.05) is 0 Å². The number of piperidine rings is 1. The summed E-state index contributed by atoms with van der Waals surface area (Å²) < 4.78 is 31.2. The Bertz CT molecular complexity index is 1520. The average Bonchev–Trinajstić information content (AvgIpc) is 3.41. The molecule has 2 aromatic heterocycles. The Morgan fingerprint density at radius 3 is 2.56 bits per heavy atom. The van der Waals surface area contributed by atoms with Gasteiger partial charge in [-0.2, -0.15) is 8.78 Å². The third-order valence-electron chi connectivity index (χ3n) is 6.96. The van der Waals surface area contributed by atoms with Gasteiger partial charge in [0.2, 0.25) is 5.91 Å². The van der Waals surface area contributed by atoms with Crippen LogP contribution >= 0.6 is 0 Å². The van der Waals surface area contributed by atoms with Crippen LogP contribution in [-0.2, 0) is 4.79 Å². The number of halogens is 2. The maximum absolute atomic E-state index is 12.7. The lowest BCUT2D eigenvalue weighted by molar-refractivity contribution is -0.125. The van der Waals surface area contributed by atoms with Gasteiger partial charge in [0.05, 0.1) is 11.9 Å². The third-order valence-corrected chi connectivity index (χ3v) is 6.96. The molecule has 1 aliphatic rings. The number of alkyl halides is 2. The zero-order valence-corrected chi connectivity index (χ0v) is 22.5. The number of carbonyl (C=O) groups is 2. The highest BCUT2D eigenvalue weighted by atomic mass is 19.3. The summed E-state index contributed by atoms with van der Waals surface area (Å²) in [5.41, 5.74) is 4.13. The number of ether oxygens (including phenoxy) is 1. The smallest absolute Gasteiger partial charge is 0.387 e. The first-order chi connectivity index (χ1) is 19.9. The van der Waals surface area contributed by atoms with Crippen LogP contribution in [0.25, 0.3) is 16.9 Å². The molecular formula is C29H31F2N7O3. The lowest BCUT2D eigenvalue weighted by Gasteiger charge is -2.21. The lowest BCUT2D eigenvalue weighted by Crippen LogP contribution is -2.41.